The molecule has 0 unspecified atom stereocenters. The van der Waals surface area contributed by atoms with Crippen LogP contribution in [0.4, 0.5) is 18.0 Å². The highest BCUT2D eigenvalue weighted by molar-refractivity contribution is 5.73. The molecule has 0 saturated heterocycles. The number of urea groups is 1. The molecule has 0 heterocycles. The first kappa shape index (κ1) is 9.06. The molecular weight excluding hydrogens is 149 g/mol. The van der Waals surface area contributed by atoms with E-state index in [9.17, 15) is 18.0 Å². The number of nitrogens with zero attached hydrogens (tertiary/aromatic N) is 1. The minimum atomic E-state index is -4.64. The van der Waals surface area contributed by atoms with E-state index in [0.29, 0.717) is 0 Å². The molecular formula is C4H7F3N2O. The van der Waals surface area contributed by atoms with Crippen molar-refractivity contribution >= 4 is 6.03 Å². The number of carbonyl (C=O) groups is 1. The monoisotopic (exact) mass is 156 g/mol. The molecule has 0 aromatic rings. The Bertz CT molecular complexity index is 131. The number of amides is 2. The van der Waals surface area contributed by atoms with Crippen molar-refractivity contribution in [1.82, 2.24) is 10.2 Å². The van der Waals surface area contributed by atoms with Gasteiger partial charge in [0.25, 0.3) is 0 Å². The molecule has 0 spiro atoms. The Morgan fingerprint density at radius 2 is 1.80 bits per heavy atom. The molecule has 0 rings (SSSR count). The van der Waals surface area contributed by atoms with E-state index in [2.05, 4.69) is 0 Å². The van der Waals surface area contributed by atoms with E-state index in [4.69, 9.17) is 0 Å². The Kier molecular flexibility index (Phi) is 2.50. The maximum atomic E-state index is 11.3. The zero-order chi connectivity index (χ0) is 8.36. The summed E-state index contributed by atoms with van der Waals surface area (Å²) in [6.07, 6.45) is -4.64. The van der Waals surface area contributed by atoms with E-state index in [1.807, 2.05) is 0 Å². The van der Waals surface area contributed by atoms with Gasteiger partial charge < -0.3 is 4.90 Å². The van der Waals surface area contributed by atoms with Gasteiger partial charge in [-0.2, -0.15) is 13.2 Å². The molecule has 0 aliphatic rings. The molecule has 0 aromatic heterocycles. The first-order valence-electron chi connectivity index (χ1n) is 2.39. The normalized spacial score (nSPS) is 10.9. The van der Waals surface area contributed by atoms with Gasteiger partial charge in [-0.05, 0) is 0 Å². The first-order chi connectivity index (χ1) is 4.33. The largest absolute Gasteiger partial charge is 0.485 e. The number of rotatable bonds is 0. The predicted octanol–water partition coefficient (Wildman–Crippen LogP) is 0.777. The summed E-state index contributed by atoms with van der Waals surface area (Å²) >= 11 is 0. The number of carbonyl (C=O) groups excluding carboxylic acids is 1. The zero-order valence-electron chi connectivity index (χ0n) is 5.49. The van der Waals surface area contributed by atoms with Crippen LogP contribution in [-0.4, -0.2) is 31.3 Å². The van der Waals surface area contributed by atoms with E-state index < -0.39 is 12.3 Å². The fourth-order valence-electron chi connectivity index (χ4n) is 0.233. The van der Waals surface area contributed by atoms with Gasteiger partial charge in [-0.15, -0.1) is 0 Å². The summed E-state index contributed by atoms with van der Waals surface area (Å²) in [4.78, 5) is 11.1. The molecule has 1 N–H and O–H groups in total. The number of hydrogen-bond acceptors (Lipinski definition) is 1. The average Bonchev–Trinajstić information content (AvgIpc) is 1.60. The van der Waals surface area contributed by atoms with E-state index in [1.165, 1.54) is 14.1 Å². The summed E-state index contributed by atoms with van der Waals surface area (Å²) in [7, 11) is 2.45. The second kappa shape index (κ2) is 2.76. The maximum Gasteiger partial charge on any atom is 0.485 e. The van der Waals surface area contributed by atoms with Crippen LogP contribution in [0.1, 0.15) is 0 Å². The summed E-state index contributed by atoms with van der Waals surface area (Å²) in [5.74, 6) is 0. The van der Waals surface area contributed by atoms with Crippen molar-refractivity contribution in [3.63, 3.8) is 0 Å². The Balaban J connectivity index is 3.81. The third kappa shape index (κ3) is 3.99. The first-order valence-corrected chi connectivity index (χ1v) is 2.39. The van der Waals surface area contributed by atoms with Gasteiger partial charge in [-0.1, -0.05) is 0 Å². The van der Waals surface area contributed by atoms with Crippen LogP contribution in [0.15, 0.2) is 0 Å². The van der Waals surface area contributed by atoms with Crippen LogP contribution in [0.3, 0.4) is 0 Å². The molecule has 6 heteroatoms. The molecule has 3 nitrogen and oxygen atoms in total. The van der Waals surface area contributed by atoms with Crippen LogP contribution < -0.4 is 5.32 Å². The van der Waals surface area contributed by atoms with Gasteiger partial charge in [0.15, 0.2) is 0 Å². The Morgan fingerprint density at radius 3 is 1.90 bits per heavy atom. The van der Waals surface area contributed by atoms with E-state index in [0.717, 1.165) is 10.2 Å². The van der Waals surface area contributed by atoms with Crippen molar-refractivity contribution in [2.45, 2.75) is 6.30 Å². The summed E-state index contributed by atoms with van der Waals surface area (Å²) in [5, 5.41) is 0.806. The predicted molar refractivity (Wildman–Crippen MR) is 28.3 cm³/mol. The highest BCUT2D eigenvalue weighted by Gasteiger charge is 2.30. The molecule has 0 aliphatic carbocycles. The van der Waals surface area contributed by atoms with Crippen molar-refractivity contribution in [3.05, 3.63) is 0 Å². The second-order valence-electron chi connectivity index (χ2n) is 1.82. The van der Waals surface area contributed by atoms with Crippen molar-refractivity contribution < 1.29 is 18.0 Å². The number of nitrogens with one attached hydrogen (secondary N) is 1. The van der Waals surface area contributed by atoms with Crippen LogP contribution >= 0.6 is 0 Å². The minimum Gasteiger partial charge on any atom is -0.331 e. The van der Waals surface area contributed by atoms with Gasteiger partial charge in [0.05, 0.1) is 0 Å². The van der Waals surface area contributed by atoms with E-state index in [-0.39, 0.29) is 0 Å². The zero-order valence-corrected chi connectivity index (χ0v) is 5.49. The van der Waals surface area contributed by atoms with Crippen molar-refractivity contribution in [2.75, 3.05) is 14.1 Å². The summed E-state index contributed by atoms with van der Waals surface area (Å²) in [5.41, 5.74) is 0. The van der Waals surface area contributed by atoms with Crippen LogP contribution in [0.5, 0.6) is 0 Å². The Hall–Kier alpha value is -0.940. The number of alkyl halides is 3. The van der Waals surface area contributed by atoms with Crippen molar-refractivity contribution in [3.8, 4) is 0 Å². The second-order valence-corrected chi connectivity index (χ2v) is 1.82. The van der Waals surface area contributed by atoms with E-state index >= 15 is 0 Å². The third-order valence-corrected chi connectivity index (χ3v) is 0.655. The van der Waals surface area contributed by atoms with Crippen molar-refractivity contribution in [2.24, 2.45) is 0 Å². The Labute approximate surface area is 55.8 Å². The lowest BCUT2D eigenvalue weighted by molar-refractivity contribution is -0.147. The summed E-state index contributed by atoms with van der Waals surface area (Å²) < 4.78 is 33.9. The lowest BCUT2D eigenvalue weighted by Crippen LogP contribution is -2.43. The molecule has 0 fully saturated rings. The molecule has 2 amide bonds. The molecule has 0 radical (unpaired) electrons. The fourth-order valence-corrected chi connectivity index (χ4v) is 0.233. The summed E-state index contributed by atoms with van der Waals surface area (Å²) in [6.45, 7) is 0. The standard InChI is InChI=1S/C4H7F3N2O/c1-9(2)3(10)8-4(5,6)7/h1-2H3,(H,8,10). The van der Waals surface area contributed by atoms with Gasteiger partial charge >= 0.3 is 12.3 Å². The van der Waals surface area contributed by atoms with Gasteiger partial charge in [-0.3, -0.25) is 0 Å². The van der Waals surface area contributed by atoms with Crippen LogP contribution in [0.2, 0.25) is 0 Å². The topological polar surface area (TPSA) is 32.3 Å². The summed E-state index contributed by atoms with van der Waals surface area (Å²) in [6, 6.07) is -1.17. The average molecular weight is 156 g/mol. The van der Waals surface area contributed by atoms with Gasteiger partial charge in [0.1, 0.15) is 0 Å². The van der Waals surface area contributed by atoms with Gasteiger partial charge in [-0.25, -0.2) is 10.1 Å². The van der Waals surface area contributed by atoms with E-state index in [1.54, 1.807) is 0 Å². The highest BCUT2D eigenvalue weighted by Crippen LogP contribution is 2.09. The molecule has 0 bridgehead atoms. The number of hydrogen-bond donors (Lipinski definition) is 1. The molecule has 0 aliphatic heterocycles. The number of halogens is 3. The van der Waals surface area contributed by atoms with Crippen LogP contribution in [-0.2, 0) is 0 Å². The Morgan fingerprint density at radius 1 is 1.40 bits per heavy atom. The quantitative estimate of drug-likeness (QED) is 0.516. The lowest BCUT2D eigenvalue weighted by atomic mass is 10.8. The molecule has 0 saturated carbocycles. The molecule has 0 atom stereocenters. The van der Waals surface area contributed by atoms with Gasteiger partial charge in [0, 0.05) is 14.1 Å². The molecule has 10 heavy (non-hydrogen) atoms. The smallest absolute Gasteiger partial charge is 0.331 e. The third-order valence-electron chi connectivity index (χ3n) is 0.655. The fraction of sp³-hybridized carbons (Fsp3) is 0.750. The molecule has 60 valence electrons. The highest BCUT2D eigenvalue weighted by atomic mass is 19.4. The lowest BCUT2D eigenvalue weighted by Gasteiger charge is -2.13. The van der Waals surface area contributed by atoms with Crippen molar-refractivity contribution in [1.29, 1.82) is 0 Å². The molecule has 0 aromatic carbocycles. The SMILES string of the molecule is CN(C)C(=O)NC(F)(F)F. The van der Waals surface area contributed by atoms with Gasteiger partial charge in [0.2, 0.25) is 0 Å². The van der Waals surface area contributed by atoms with Crippen LogP contribution in [0, 0.1) is 0 Å². The maximum absolute atomic E-state index is 11.3. The minimum absolute atomic E-state index is 0.799. The van der Waals surface area contributed by atoms with Crippen LogP contribution in [0.25, 0.3) is 0 Å².